The number of nitrogens with zero attached hydrogens (tertiary/aromatic N) is 1. The van der Waals surface area contributed by atoms with Crippen LogP contribution in [-0.4, -0.2) is 11.5 Å². The van der Waals surface area contributed by atoms with Crippen LogP contribution in [0, 0.1) is 0 Å². The summed E-state index contributed by atoms with van der Waals surface area (Å²) < 4.78 is 0. The van der Waals surface area contributed by atoms with Crippen molar-refractivity contribution in [1.29, 1.82) is 0 Å². The van der Waals surface area contributed by atoms with Crippen LogP contribution in [0.25, 0.3) is 0 Å². The Morgan fingerprint density at radius 2 is 2.05 bits per heavy atom. The lowest BCUT2D eigenvalue weighted by atomic mass is 9.84. The molecule has 1 aliphatic carbocycles. The van der Waals surface area contributed by atoms with E-state index in [1.165, 1.54) is 40.4 Å². The predicted molar refractivity (Wildman–Crippen MR) is 78.7 cm³/mol. The number of thiazole rings is 1. The summed E-state index contributed by atoms with van der Waals surface area (Å²) in [6, 6.07) is 8.89. The smallest absolute Gasteiger partial charge is 0.0965 e. The van der Waals surface area contributed by atoms with Gasteiger partial charge in [-0.05, 0) is 30.4 Å². The lowest BCUT2D eigenvalue weighted by molar-refractivity contribution is 0.577. The molecule has 2 heterocycles. The van der Waals surface area contributed by atoms with E-state index in [0.717, 1.165) is 19.5 Å². The zero-order valence-corrected chi connectivity index (χ0v) is 11.8. The number of aromatic nitrogens is 1. The van der Waals surface area contributed by atoms with Crippen molar-refractivity contribution in [2.75, 3.05) is 6.54 Å². The summed E-state index contributed by atoms with van der Waals surface area (Å²) in [7, 11) is 0. The maximum Gasteiger partial charge on any atom is 0.0965 e. The van der Waals surface area contributed by atoms with E-state index in [1.807, 2.05) is 11.3 Å². The van der Waals surface area contributed by atoms with E-state index in [4.69, 9.17) is 4.98 Å². The summed E-state index contributed by atoms with van der Waals surface area (Å²) in [4.78, 5) is 6.40. The second-order valence-corrected chi connectivity index (χ2v) is 6.67. The van der Waals surface area contributed by atoms with Gasteiger partial charge in [-0.3, -0.25) is 0 Å². The Morgan fingerprint density at radius 3 is 2.95 bits per heavy atom. The Balaban J connectivity index is 1.62. The molecule has 0 spiro atoms. The second kappa shape index (κ2) is 4.73. The number of hydrogen-bond acceptors (Lipinski definition) is 3. The van der Waals surface area contributed by atoms with Gasteiger partial charge >= 0.3 is 0 Å². The van der Waals surface area contributed by atoms with Crippen molar-refractivity contribution in [3.8, 4) is 0 Å². The number of fused-ring (bicyclic) bond motifs is 2. The van der Waals surface area contributed by atoms with Crippen molar-refractivity contribution in [2.45, 2.75) is 38.1 Å². The molecule has 1 unspecified atom stereocenters. The average Bonchev–Trinajstić information content (AvgIpc) is 2.90. The predicted octanol–water partition coefficient (Wildman–Crippen LogP) is 3.06. The monoisotopic (exact) mass is 270 g/mol. The van der Waals surface area contributed by atoms with Crippen molar-refractivity contribution in [1.82, 2.24) is 10.3 Å². The highest BCUT2D eigenvalue weighted by Crippen LogP contribution is 2.36. The number of nitrogens with one attached hydrogen (secondary N) is 1. The van der Waals surface area contributed by atoms with Gasteiger partial charge in [0.1, 0.15) is 0 Å². The van der Waals surface area contributed by atoms with Crippen molar-refractivity contribution >= 4 is 11.3 Å². The quantitative estimate of drug-likeness (QED) is 0.861. The van der Waals surface area contributed by atoms with E-state index in [1.54, 1.807) is 5.56 Å². The minimum Gasteiger partial charge on any atom is -0.311 e. The van der Waals surface area contributed by atoms with Gasteiger partial charge < -0.3 is 5.32 Å². The molecule has 98 valence electrons. The first-order chi connectivity index (χ1) is 9.40. The molecule has 1 aromatic carbocycles. The van der Waals surface area contributed by atoms with E-state index in [9.17, 15) is 0 Å². The molecule has 2 aromatic rings. The third-order valence-electron chi connectivity index (χ3n) is 4.32. The standard InChI is InChI=1S/C16H18N2S/c1-2-4-12-9-13(6-5-11(12)3-1)16-18-14-7-8-17-10-15(14)19-16/h1-4,13,17H,5-10H2. The molecule has 1 aliphatic heterocycles. The lowest BCUT2D eigenvalue weighted by Crippen LogP contribution is -2.22. The molecule has 4 rings (SSSR count). The molecule has 19 heavy (non-hydrogen) atoms. The normalized spacial score (nSPS) is 21.8. The van der Waals surface area contributed by atoms with Crippen molar-refractivity contribution in [3.63, 3.8) is 0 Å². The highest BCUT2D eigenvalue weighted by Gasteiger charge is 2.24. The zero-order valence-electron chi connectivity index (χ0n) is 11.0. The Morgan fingerprint density at radius 1 is 1.16 bits per heavy atom. The molecular weight excluding hydrogens is 252 g/mol. The van der Waals surface area contributed by atoms with E-state index in [-0.39, 0.29) is 0 Å². The number of benzene rings is 1. The number of hydrogen-bond donors (Lipinski definition) is 1. The van der Waals surface area contributed by atoms with Crippen LogP contribution in [0.1, 0.15) is 39.0 Å². The molecule has 0 saturated carbocycles. The van der Waals surface area contributed by atoms with Gasteiger partial charge in [0.2, 0.25) is 0 Å². The van der Waals surface area contributed by atoms with E-state index < -0.39 is 0 Å². The summed E-state index contributed by atoms with van der Waals surface area (Å²) in [5, 5.41) is 4.82. The van der Waals surface area contributed by atoms with Gasteiger partial charge in [-0.25, -0.2) is 4.98 Å². The van der Waals surface area contributed by atoms with Crippen LogP contribution in [-0.2, 0) is 25.8 Å². The number of aryl methyl sites for hydroxylation is 1. The van der Waals surface area contributed by atoms with Gasteiger partial charge in [0.15, 0.2) is 0 Å². The second-order valence-electron chi connectivity index (χ2n) is 5.56. The fourth-order valence-electron chi connectivity index (χ4n) is 3.23. The Labute approximate surface area is 117 Å². The van der Waals surface area contributed by atoms with Crippen LogP contribution in [0.4, 0.5) is 0 Å². The third-order valence-corrected chi connectivity index (χ3v) is 5.58. The molecule has 1 N–H and O–H groups in total. The van der Waals surface area contributed by atoms with Crippen LogP contribution in [0.5, 0.6) is 0 Å². The Kier molecular flexibility index (Phi) is 2.89. The molecule has 0 fully saturated rings. The number of rotatable bonds is 1. The van der Waals surface area contributed by atoms with Crippen LogP contribution < -0.4 is 5.32 Å². The summed E-state index contributed by atoms with van der Waals surface area (Å²) in [6.07, 6.45) is 4.76. The third kappa shape index (κ3) is 2.11. The minimum absolute atomic E-state index is 0.644. The first-order valence-electron chi connectivity index (χ1n) is 7.16. The van der Waals surface area contributed by atoms with Gasteiger partial charge in [-0.2, -0.15) is 0 Å². The molecule has 0 amide bonds. The summed E-state index contributed by atoms with van der Waals surface area (Å²) in [5.41, 5.74) is 4.43. The largest absolute Gasteiger partial charge is 0.311 e. The first kappa shape index (κ1) is 11.6. The summed E-state index contributed by atoms with van der Waals surface area (Å²) in [5.74, 6) is 0.644. The molecule has 2 nitrogen and oxygen atoms in total. The highest BCUT2D eigenvalue weighted by molar-refractivity contribution is 7.11. The van der Waals surface area contributed by atoms with Gasteiger partial charge in [-0.15, -0.1) is 11.3 Å². The Hall–Kier alpha value is -1.19. The molecular formula is C16H18N2S. The molecule has 0 saturated heterocycles. The van der Waals surface area contributed by atoms with E-state index in [2.05, 4.69) is 29.6 Å². The molecule has 3 heteroatoms. The molecule has 1 atom stereocenters. The minimum atomic E-state index is 0.644. The van der Waals surface area contributed by atoms with Crippen LogP contribution in [0.2, 0.25) is 0 Å². The van der Waals surface area contributed by atoms with Crippen molar-refractivity contribution < 1.29 is 0 Å². The van der Waals surface area contributed by atoms with E-state index >= 15 is 0 Å². The Bertz CT molecular complexity index is 579. The van der Waals surface area contributed by atoms with Crippen molar-refractivity contribution in [2.24, 2.45) is 0 Å². The lowest BCUT2D eigenvalue weighted by Gasteiger charge is -2.22. The van der Waals surface area contributed by atoms with Crippen molar-refractivity contribution in [3.05, 3.63) is 51.0 Å². The molecule has 0 radical (unpaired) electrons. The molecule has 2 aliphatic rings. The molecule has 0 bridgehead atoms. The van der Waals surface area contributed by atoms with Gasteiger partial charge in [0, 0.05) is 30.3 Å². The fourth-order valence-corrected chi connectivity index (χ4v) is 4.44. The fraction of sp³-hybridized carbons (Fsp3) is 0.438. The van der Waals surface area contributed by atoms with Crippen LogP contribution in [0.3, 0.4) is 0 Å². The molecule has 1 aromatic heterocycles. The summed E-state index contributed by atoms with van der Waals surface area (Å²) >= 11 is 1.94. The van der Waals surface area contributed by atoms with Gasteiger partial charge in [0.05, 0.1) is 10.7 Å². The van der Waals surface area contributed by atoms with E-state index in [0.29, 0.717) is 5.92 Å². The SMILES string of the molecule is c1ccc2c(c1)CCC(c1nc3c(s1)CNCC3)C2. The average molecular weight is 270 g/mol. The highest BCUT2D eigenvalue weighted by atomic mass is 32.1. The topological polar surface area (TPSA) is 24.9 Å². The van der Waals surface area contributed by atoms with Crippen LogP contribution in [0.15, 0.2) is 24.3 Å². The maximum absolute atomic E-state index is 4.93. The summed E-state index contributed by atoms with van der Waals surface area (Å²) in [6.45, 7) is 2.11. The van der Waals surface area contributed by atoms with Crippen LogP contribution >= 0.6 is 11.3 Å². The first-order valence-corrected chi connectivity index (χ1v) is 7.98. The van der Waals surface area contributed by atoms with Gasteiger partial charge in [-0.1, -0.05) is 24.3 Å². The zero-order chi connectivity index (χ0) is 12.7. The maximum atomic E-state index is 4.93. The van der Waals surface area contributed by atoms with Gasteiger partial charge in [0.25, 0.3) is 0 Å².